The number of carboxylic acid groups (broad SMARTS) is 1. The Balaban J connectivity index is 1.47. The molecular formula is C34H30N2O3. The quantitative estimate of drug-likeness (QED) is 0.240. The number of fused-ring (bicyclic) bond motifs is 8. The highest BCUT2D eigenvalue weighted by molar-refractivity contribution is 6.02. The van der Waals surface area contributed by atoms with Crippen LogP contribution < -0.4 is 5.32 Å². The van der Waals surface area contributed by atoms with Crippen molar-refractivity contribution in [2.45, 2.75) is 39.3 Å². The monoisotopic (exact) mass is 514 g/mol. The van der Waals surface area contributed by atoms with Crippen molar-refractivity contribution in [3.05, 3.63) is 119 Å². The van der Waals surface area contributed by atoms with Gasteiger partial charge in [0.25, 0.3) is 5.91 Å². The first-order valence-corrected chi connectivity index (χ1v) is 13.4. The highest BCUT2D eigenvalue weighted by atomic mass is 16.4. The molecule has 0 saturated carbocycles. The van der Waals surface area contributed by atoms with Crippen molar-refractivity contribution in [2.75, 3.05) is 0 Å². The van der Waals surface area contributed by atoms with E-state index in [0.29, 0.717) is 12.1 Å². The third kappa shape index (κ3) is 4.40. The minimum absolute atomic E-state index is 0.0524. The van der Waals surface area contributed by atoms with Gasteiger partial charge >= 0.3 is 5.97 Å². The molecule has 5 nitrogen and oxygen atoms in total. The first-order chi connectivity index (χ1) is 18.9. The zero-order valence-corrected chi connectivity index (χ0v) is 22.1. The molecule has 5 heteroatoms. The molecule has 0 fully saturated rings. The van der Waals surface area contributed by atoms with Crippen molar-refractivity contribution in [3.8, 4) is 22.4 Å². The number of carbonyl (C=O) groups excluding carboxylic acids is 1. The fourth-order valence-corrected chi connectivity index (χ4v) is 5.89. The van der Waals surface area contributed by atoms with Crippen LogP contribution >= 0.6 is 0 Å². The van der Waals surface area contributed by atoms with E-state index in [2.05, 4.69) is 48.0 Å². The Morgan fingerprint density at radius 1 is 0.897 bits per heavy atom. The number of benzene rings is 4. The molecule has 2 heterocycles. The van der Waals surface area contributed by atoms with E-state index >= 15 is 0 Å². The number of aromatic nitrogens is 1. The van der Waals surface area contributed by atoms with E-state index in [1.165, 1.54) is 0 Å². The SMILES string of the molecule is CCC[C@@H](NC(=O)c1ccc2c(c1)c(C)c1n2Cc2ccccc2-c2cc(C(=O)O)cc-1c2)c1ccccc1. The molecule has 2 bridgehead atoms. The van der Waals surface area contributed by atoms with Crippen molar-refractivity contribution >= 4 is 22.8 Å². The maximum absolute atomic E-state index is 13.5. The van der Waals surface area contributed by atoms with Crippen LogP contribution in [0.2, 0.25) is 0 Å². The predicted octanol–water partition coefficient (Wildman–Crippen LogP) is 7.61. The number of hydrogen-bond donors (Lipinski definition) is 2. The molecule has 0 radical (unpaired) electrons. The number of hydrogen-bond acceptors (Lipinski definition) is 2. The summed E-state index contributed by atoms with van der Waals surface area (Å²) in [6.07, 6.45) is 1.82. The number of nitrogens with one attached hydrogen (secondary N) is 1. The predicted molar refractivity (Wildman–Crippen MR) is 155 cm³/mol. The van der Waals surface area contributed by atoms with E-state index in [9.17, 15) is 14.7 Å². The Labute approximate surface area is 227 Å². The van der Waals surface area contributed by atoms with Gasteiger partial charge in [-0.25, -0.2) is 4.79 Å². The fourth-order valence-electron chi connectivity index (χ4n) is 5.89. The summed E-state index contributed by atoms with van der Waals surface area (Å²) in [5.74, 6) is -1.05. The number of aryl methyl sites for hydroxylation is 1. The number of carboxylic acids is 1. The third-order valence-corrected chi connectivity index (χ3v) is 7.77. The van der Waals surface area contributed by atoms with Crippen LogP contribution in [0.5, 0.6) is 0 Å². The van der Waals surface area contributed by atoms with Crippen LogP contribution in [0, 0.1) is 6.92 Å². The van der Waals surface area contributed by atoms with Crippen molar-refractivity contribution < 1.29 is 14.7 Å². The Morgan fingerprint density at radius 3 is 2.41 bits per heavy atom. The zero-order chi connectivity index (χ0) is 27.1. The third-order valence-electron chi connectivity index (χ3n) is 7.77. The second-order valence-electron chi connectivity index (χ2n) is 10.3. The van der Waals surface area contributed by atoms with Gasteiger partial charge in [-0.2, -0.15) is 0 Å². The lowest BCUT2D eigenvalue weighted by atomic mass is 9.92. The van der Waals surface area contributed by atoms with Crippen molar-refractivity contribution in [1.82, 2.24) is 9.88 Å². The summed E-state index contributed by atoms with van der Waals surface area (Å²) in [5, 5.41) is 14.1. The molecule has 194 valence electrons. The van der Waals surface area contributed by atoms with E-state index in [4.69, 9.17) is 0 Å². The van der Waals surface area contributed by atoms with Gasteiger partial charge in [-0.15, -0.1) is 0 Å². The molecule has 1 atom stereocenters. The number of aromatic carboxylic acids is 1. The topological polar surface area (TPSA) is 71.3 Å². The second-order valence-corrected chi connectivity index (χ2v) is 10.3. The van der Waals surface area contributed by atoms with E-state index < -0.39 is 5.97 Å². The van der Waals surface area contributed by atoms with E-state index in [0.717, 1.165) is 62.8 Å². The molecule has 1 aliphatic rings. The Bertz CT molecular complexity index is 1730. The fraction of sp³-hybridized carbons (Fsp3) is 0.176. The largest absolute Gasteiger partial charge is 0.478 e. The molecule has 4 aromatic carbocycles. The molecule has 1 amide bonds. The van der Waals surface area contributed by atoms with Crippen LogP contribution in [-0.4, -0.2) is 21.6 Å². The standard InChI is InChI=1S/C34H30N2O3/c1-3-9-30(22-10-5-4-6-11-22)35-33(37)23-14-15-31-29(19-23)21(2)32-26-16-25(17-27(18-26)34(38)39)28-13-8-7-12-24(28)20-36(31)32/h4-8,10-19,30H,3,9,20H2,1-2H3,(H,35,37)(H,38,39)/t30-/m1/s1. The number of nitrogens with zero attached hydrogens (tertiary/aromatic N) is 1. The summed E-state index contributed by atoms with van der Waals surface area (Å²) in [7, 11) is 0. The van der Waals surface area contributed by atoms with Gasteiger partial charge in [0.05, 0.1) is 17.3 Å². The molecule has 0 unspecified atom stereocenters. The maximum atomic E-state index is 13.5. The second kappa shape index (κ2) is 9.91. The van der Waals surface area contributed by atoms with Crippen LogP contribution in [0.4, 0.5) is 0 Å². The Hall–Kier alpha value is -4.64. The van der Waals surface area contributed by atoms with Gasteiger partial charge in [-0.3, -0.25) is 4.79 Å². The van der Waals surface area contributed by atoms with Crippen LogP contribution in [-0.2, 0) is 6.54 Å². The Kier molecular flexibility index (Phi) is 6.27. The Morgan fingerprint density at radius 2 is 1.64 bits per heavy atom. The smallest absolute Gasteiger partial charge is 0.335 e. The molecular weight excluding hydrogens is 484 g/mol. The van der Waals surface area contributed by atoms with Gasteiger partial charge in [-0.05, 0) is 83.1 Å². The first kappa shape index (κ1) is 24.7. The minimum Gasteiger partial charge on any atom is -0.478 e. The molecule has 0 saturated heterocycles. The highest BCUT2D eigenvalue weighted by Crippen LogP contribution is 2.40. The van der Waals surface area contributed by atoms with E-state index in [1.807, 2.05) is 54.6 Å². The lowest BCUT2D eigenvalue weighted by molar-refractivity contribution is 0.0696. The summed E-state index contributed by atoms with van der Waals surface area (Å²) in [4.78, 5) is 25.5. The molecule has 0 spiro atoms. The summed E-state index contributed by atoms with van der Waals surface area (Å²) < 4.78 is 2.25. The zero-order valence-electron chi connectivity index (χ0n) is 22.1. The molecule has 6 rings (SSSR count). The summed E-state index contributed by atoms with van der Waals surface area (Å²) in [6.45, 7) is 4.83. The molecule has 0 aliphatic carbocycles. The molecule has 2 N–H and O–H groups in total. The van der Waals surface area contributed by atoms with Crippen LogP contribution in [0.15, 0.2) is 91.0 Å². The summed E-state index contributed by atoms with van der Waals surface area (Å²) in [6, 6.07) is 29.6. The summed E-state index contributed by atoms with van der Waals surface area (Å²) >= 11 is 0. The van der Waals surface area contributed by atoms with Gasteiger partial charge < -0.3 is 15.0 Å². The normalized spacial score (nSPS) is 12.7. The van der Waals surface area contributed by atoms with Crippen molar-refractivity contribution in [2.24, 2.45) is 0 Å². The minimum atomic E-state index is -0.949. The van der Waals surface area contributed by atoms with Crippen LogP contribution in [0.25, 0.3) is 33.3 Å². The summed E-state index contributed by atoms with van der Waals surface area (Å²) in [5.41, 5.74) is 8.93. The first-order valence-electron chi connectivity index (χ1n) is 13.4. The number of amides is 1. The molecule has 1 aromatic heterocycles. The van der Waals surface area contributed by atoms with Crippen LogP contribution in [0.3, 0.4) is 0 Å². The lowest BCUT2D eigenvalue weighted by Crippen LogP contribution is -2.28. The van der Waals surface area contributed by atoms with Crippen LogP contribution in [0.1, 0.15) is 63.2 Å². The molecule has 39 heavy (non-hydrogen) atoms. The average Bonchev–Trinajstić information content (AvgIpc) is 3.22. The molecule has 1 aliphatic heterocycles. The van der Waals surface area contributed by atoms with E-state index in [1.54, 1.807) is 12.1 Å². The molecule has 5 aromatic rings. The lowest BCUT2D eigenvalue weighted by Gasteiger charge is -2.20. The number of carbonyl (C=O) groups is 2. The van der Waals surface area contributed by atoms with E-state index in [-0.39, 0.29) is 17.5 Å². The van der Waals surface area contributed by atoms with Gasteiger partial charge in [0.1, 0.15) is 0 Å². The highest BCUT2D eigenvalue weighted by Gasteiger charge is 2.23. The maximum Gasteiger partial charge on any atom is 0.335 e. The average molecular weight is 515 g/mol. The van der Waals surface area contributed by atoms with Gasteiger partial charge in [0.15, 0.2) is 0 Å². The van der Waals surface area contributed by atoms with Gasteiger partial charge in [0, 0.05) is 23.0 Å². The van der Waals surface area contributed by atoms with Gasteiger partial charge in [-0.1, -0.05) is 67.9 Å². The van der Waals surface area contributed by atoms with Crippen molar-refractivity contribution in [1.29, 1.82) is 0 Å². The van der Waals surface area contributed by atoms with Gasteiger partial charge in [0.2, 0.25) is 0 Å². The van der Waals surface area contributed by atoms with Crippen molar-refractivity contribution in [3.63, 3.8) is 0 Å². The number of rotatable bonds is 6.